The molecule has 0 rings (SSSR count). The van der Waals surface area contributed by atoms with E-state index in [0.29, 0.717) is 13.2 Å². The molecule has 0 radical (unpaired) electrons. The van der Waals surface area contributed by atoms with Crippen LogP contribution in [0, 0.1) is 0 Å². The predicted molar refractivity (Wildman–Crippen MR) is 39.3 cm³/mol. The van der Waals surface area contributed by atoms with Crippen molar-refractivity contribution in [1.82, 2.24) is 0 Å². The van der Waals surface area contributed by atoms with Crippen LogP contribution in [0.4, 0.5) is 8.78 Å². The van der Waals surface area contributed by atoms with Gasteiger partial charge >= 0.3 is 8.25 Å². The van der Waals surface area contributed by atoms with Crippen molar-refractivity contribution in [2.75, 3.05) is 20.1 Å². The topological polar surface area (TPSA) is 35.5 Å². The van der Waals surface area contributed by atoms with Crippen LogP contribution in [0.3, 0.4) is 0 Å². The molecular weight excluding hydrogens is 177 g/mol. The van der Waals surface area contributed by atoms with Crippen molar-refractivity contribution in [2.24, 2.45) is 0 Å². The summed E-state index contributed by atoms with van der Waals surface area (Å²) in [4.78, 5) is 0. The fourth-order valence-electron chi connectivity index (χ4n) is 0.277. The monoisotopic (exact) mass is 190 g/mol. The summed E-state index contributed by atoms with van der Waals surface area (Å²) in [6.45, 7) is 2.72. The van der Waals surface area contributed by atoms with Gasteiger partial charge in [0.15, 0.2) is 0 Å². The van der Waals surface area contributed by atoms with Gasteiger partial charge in [0, 0.05) is 0 Å². The first-order valence-electron chi connectivity index (χ1n) is 3.14. The van der Waals surface area contributed by atoms with E-state index < -0.39 is 15.2 Å². The molecule has 0 saturated carbocycles. The van der Waals surface area contributed by atoms with E-state index in [1.165, 1.54) is 0 Å². The van der Waals surface area contributed by atoms with E-state index in [1.54, 1.807) is 13.8 Å². The molecule has 0 spiro atoms. The lowest BCUT2D eigenvalue weighted by Gasteiger charge is -1.97. The van der Waals surface area contributed by atoms with Crippen molar-refractivity contribution in [3.05, 3.63) is 0 Å². The number of hydrogen-bond acceptors (Lipinski definition) is 3. The van der Waals surface area contributed by atoms with Crippen molar-refractivity contribution in [2.45, 2.75) is 13.8 Å². The molecule has 0 atom stereocenters. The lowest BCUT2D eigenvalue weighted by Crippen LogP contribution is -1.81. The Bertz CT molecular complexity index is 83.8. The third-order valence-corrected chi connectivity index (χ3v) is 1.57. The molecule has 0 N–H and O–H groups in total. The molecule has 3 nitrogen and oxygen atoms in total. The average molecular weight is 190 g/mol. The minimum Gasteiger partial charge on any atom is -0.311 e. The van der Waals surface area contributed by atoms with E-state index in [0.717, 1.165) is 0 Å². The van der Waals surface area contributed by atoms with Crippen LogP contribution in [-0.2, 0) is 13.6 Å². The first-order valence-corrected chi connectivity index (χ1v) is 4.36. The van der Waals surface area contributed by atoms with Crippen LogP contribution < -0.4 is 0 Å². The van der Waals surface area contributed by atoms with Crippen LogP contribution in [0.2, 0.25) is 0 Å². The summed E-state index contributed by atoms with van der Waals surface area (Å²) in [6, 6.07) is 0. The number of hydrogen-bond donors (Lipinski definition) is 0. The van der Waals surface area contributed by atoms with Crippen molar-refractivity contribution in [3.8, 4) is 0 Å². The van der Waals surface area contributed by atoms with E-state index >= 15 is 0 Å². The SMILES string of the molecule is CCO[PH](=O)OCC.FCF. The van der Waals surface area contributed by atoms with Gasteiger partial charge in [0.2, 0.25) is 6.93 Å². The van der Waals surface area contributed by atoms with E-state index in [2.05, 4.69) is 9.05 Å². The zero-order valence-electron chi connectivity index (χ0n) is 6.60. The molecule has 0 aromatic heterocycles. The summed E-state index contributed by atoms with van der Waals surface area (Å²) in [7, 11) is -2.14. The molecule has 6 heteroatoms. The predicted octanol–water partition coefficient (Wildman–Crippen LogP) is 2.33. The fraction of sp³-hybridized carbons (Fsp3) is 1.00. The minimum absolute atomic E-state index is 0.456. The lowest BCUT2D eigenvalue weighted by molar-refractivity contribution is 0.243. The maximum absolute atomic E-state index is 10.4. The Morgan fingerprint density at radius 1 is 1.18 bits per heavy atom. The summed E-state index contributed by atoms with van der Waals surface area (Å²) in [5, 5.41) is 0. The maximum atomic E-state index is 10.4. The van der Waals surface area contributed by atoms with E-state index in [1.807, 2.05) is 0 Å². The Balaban J connectivity index is 0. The Kier molecular flexibility index (Phi) is 15.6. The lowest BCUT2D eigenvalue weighted by atomic mass is 10.9. The van der Waals surface area contributed by atoms with Crippen molar-refractivity contribution in [3.63, 3.8) is 0 Å². The molecule has 11 heavy (non-hydrogen) atoms. The van der Waals surface area contributed by atoms with Crippen LogP contribution in [0.5, 0.6) is 0 Å². The van der Waals surface area contributed by atoms with Crippen LogP contribution in [0.15, 0.2) is 0 Å². The van der Waals surface area contributed by atoms with Crippen LogP contribution in [-0.4, -0.2) is 20.1 Å². The molecule has 0 aliphatic rings. The molecule has 0 fully saturated rings. The van der Waals surface area contributed by atoms with Gasteiger partial charge in [0.25, 0.3) is 0 Å². The fourth-order valence-corrected chi connectivity index (χ4v) is 0.832. The standard InChI is InChI=1S/C4H11O3P.CH2F2/c1-3-6-8(5)7-4-2;2-1-3/h8H,3-4H2,1-2H3;1H2. The van der Waals surface area contributed by atoms with Gasteiger partial charge in [0.1, 0.15) is 0 Å². The first kappa shape index (κ1) is 13.6. The Hall–Kier alpha value is 0.01000. The highest BCUT2D eigenvalue weighted by molar-refractivity contribution is 7.33. The Morgan fingerprint density at radius 2 is 1.45 bits per heavy atom. The average Bonchev–Trinajstić information content (AvgIpc) is 1.90. The van der Waals surface area contributed by atoms with Gasteiger partial charge in [0.05, 0.1) is 13.2 Å². The quantitative estimate of drug-likeness (QED) is 0.638. The second kappa shape index (κ2) is 12.7. The highest BCUT2D eigenvalue weighted by atomic mass is 31.1. The molecule has 0 bridgehead atoms. The molecule has 70 valence electrons. The molecule has 0 unspecified atom stereocenters. The van der Waals surface area contributed by atoms with E-state index in [-0.39, 0.29) is 0 Å². The van der Waals surface area contributed by atoms with Crippen molar-refractivity contribution >= 4 is 8.25 Å². The number of rotatable bonds is 4. The summed E-state index contributed by atoms with van der Waals surface area (Å²) < 4.78 is 38.8. The Morgan fingerprint density at radius 3 is 1.64 bits per heavy atom. The van der Waals surface area contributed by atoms with Gasteiger partial charge in [-0.05, 0) is 13.8 Å². The minimum atomic E-state index is -2.14. The van der Waals surface area contributed by atoms with Crippen LogP contribution in [0.25, 0.3) is 0 Å². The molecule has 0 aromatic rings. The van der Waals surface area contributed by atoms with Gasteiger partial charge in [-0.25, -0.2) is 8.78 Å². The first-order chi connectivity index (χ1) is 5.22. The summed E-state index contributed by atoms with van der Waals surface area (Å²) in [5.74, 6) is 0. The number of alkyl halides is 2. The molecule has 0 saturated heterocycles. The zero-order valence-corrected chi connectivity index (χ0v) is 7.60. The largest absolute Gasteiger partial charge is 0.319 e. The van der Waals surface area contributed by atoms with Crippen molar-refractivity contribution in [1.29, 1.82) is 0 Å². The zero-order chi connectivity index (χ0) is 9.11. The van der Waals surface area contributed by atoms with E-state index in [4.69, 9.17) is 0 Å². The smallest absolute Gasteiger partial charge is 0.311 e. The second-order valence-corrected chi connectivity index (χ2v) is 2.29. The number of halogens is 2. The molecule has 0 amide bonds. The highest BCUT2D eigenvalue weighted by Crippen LogP contribution is 2.21. The van der Waals surface area contributed by atoms with Gasteiger partial charge in [-0.2, -0.15) is 0 Å². The second-order valence-electron chi connectivity index (χ2n) is 1.22. The molecule has 0 aromatic carbocycles. The highest BCUT2D eigenvalue weighted by Gasteiger charge is 1.91. The van der Waals surface area contributed by atoms with Gasteiger partial charge in [-0.1, -0.05) is 0 Å². The van der Waals surface area contributed by atoms with Gasteiger partial charge < -0.3 is 9.05 Å². The molecule has 0 aliphatic heterocycles. The summed E-state index contributed by atoms with van der Waals surface area (Å²) in [6.07, 6.45) is 0. The molecule has 0 aliphatic carbocycles. The van der Waals surface area contributed by atoms with Crippen LogP contribution >= 0.6 is 8.25 Å². The van der Waals surface area contributed by atoms with Gasteiger partial charge in [-0.3, -0.25) is 4.57 Å². The molecule has 0 heterocycles. The summed E-state index contributed by atoms with van der Waals surface area (Å²) in [5.41, 5.74) is 0. The summed E-state index contributed by atoms with van der Waals surface area (Å²) >= 11 is 0. The van der Waals surface area contributed by atoms with Crippen LogP contribution in [0.1, 0.15) is 13.8 Å². The van der Waals surface area contributed by atoms with Gasteiger partial charge in [-0.15, -0.1) is 0 Å². The Labute approximate surface area is 65.6 Å². The maximum Gasteiger partial charge on any atom is 0.319 e. The van der Waals surface area contributed by atoms with Crippen molar-refractivity contribution < 1.29 is 22.4 Å². The third-order valence-electron chi connectivity index (χ3n) is 0.524. The molecular formula is C5H13F2O3P. The van der Waals surface area contributed by atoms with E-state index in [9.17, 15) is 13.3 Å². The normalized spacial score (nSPS) is 9.18. The third kappa shape index (κ3) is 17.8.